The molecule has 0 aromatic carbocycles. The molecule has 1 saturated heterocycles. The van der Waals surface area contributed by atoms with E-state index in [0.717, 1.165) is 28.8 Å². The maximum Gasteiger partial charge on any atom is 0.222 e. The van der Waals surface area contributed by atoms with Gasteiger partial charge >= 0.3 is 0 Å². The highest BCUT2D eigenvalue weighted by Crippen LogP contribution is 2.18. The van der Waals surface area contributed by atoms with Crippen molar-refractivity contribution in [3.05, 3.63) is 16.1 Å². The summed E-state index contributed by atoms with van der Waals surface area (Å²) >= 11 is 3.51. The summed E-state index contributed by atoms with van der Waals surface area (Å²) in [5, 5.41) is 9.38. The lowest BCUT2D eigenvalue weighted by atomic mass is 10.2. The van der Waals surface area contributed by atoms with Crippen LogP contribution in [0.2, 0.25) is 0 Å². The molecule has 2 N–H and O–H groups in total. The molecule has 0 aliphatic carbocycles. The number of nitrogens with zero attached hydrogens (tertiary/aromatic N) is 1. The van der Waals surface area contributed by atoms with Gasteiger partial charge in [0.15, 0.2) is 0 Å². The fourth-order valence-corrected chi connectivity index (χ4v) is 3.66. The minimum absolute atomic E-state index is 0.00689. The Labute approximate surface area is 116 Å². The van der Waals surface area contributed by atoms with Gasteiger partial charge in [-0.3, -0.25) is 4.79 Å². The zero-order chi connectivity index (χ0) is 13.0. The molecule has 1 fully saturated rings. The van der Waals surface area contributed by atoms with Gasteiger partial charge in [-0.1, -0.05) is 0 Å². The smallest absolute Gasteiger partial charge is 0.222 e. The Morgan fingerprint density at radius 1 is 1.72 bits per heavy atom. The first kappa shape index (κ1) is 13.8. The van der Waals surface area contributed by atoms with Crippen LogP contribution in [0, 0.1) is 6.92 Å². The van der Waals surface area contributed by atoms with Crippen molar-refractivity contribution in [2.75, 3.05) is 18.1 Å². The zero-order valence-corrected chi connectivity index (χ0v) is 12.4. The van der Waals surface area contributed by atoms with Crippen LogP contribution in [0.3, 0.4) is 0 Å². The van der Waals surface area contributed by atoms with Crippen LogP contribution in [0.15, 0.2) is 5.38 Å². The van der Waals surface area contributed by atoms with E-state index in [1.54, 1.807) is 11.3 Å². The number of hydrogen-bond donors (Lipinski definition) is 2. The molecule has 4 nitrogen and oxygen atoms in total. The van der Waals surface area contributed by atoms with E-state index in [1.165, 1.54) is 0 Å². The van der Waals surface area contributed by atoms with Gasteiger partial charge in [0.05, 0.1) is 6.04 Å². The van der Waals surface area contributed by atoms with Crippen molar-refractivity contribution in [1.29, 1.82) is 0 Å². The standard InChI is InChI=1S/C12H19N3OS2/c1-8-6-18-12(14-8)9(2)15-11(16)5-10-7-17-4-3-13-10/h6,9-10,13H,3-5,7H2,1-2H3,(H,15,16). The summed E-state index contributed by atoms with van der Waals surface area (Å²) in [6.45, 7) is 4.96. The molecule has 1 amide bonds. The van der Waals surface area contributed by atoms with E-state index < -0.39 is 0 Å². The highest BCUT2D eigenvalue weighted by atomic mass is 32.2. The second-order valence-electron chi connectivity index (χ2n) is 4.55. The highest BCUT2D eigenvalue weighted by molar-refractivity contribution is 7.99. The summed E-state index contributed by atoms with van der Waals surface area (Å²) in [6.07, 6.45) is 0.557. The molecule has 2 atom stereocenters. The van der Waals surface area contributed by atoms with Gasteiger partial charge in [-0.15, -0.1) is 11.3 Å². The molecule has 2 rings (SSSR count). The predicted molar refractivity (Wildman–Crippen MR) is 77.1 cm³/mol. The molecule has 2 unspecified atom stereocenters. The van der Waals surface area contributed by atoms with E-state index in [9.17, 15) is 4.79 Å². The molecule has 2 heterocycles. The largest absolute Gasteiger partial charge is 0.347 e. The maximum atomic E-state index is 11.9. The minimum Gasteiger partial charge on any atom is -0.347 e. The first-order valence-electron chi connectivity index (χ1n) is 6.17. The molecule has 6 heteroatoms. The number of aryl methyl sites for hydroxylation is 1. The van der Waals surface area contributed by atoms with Crippen LogP contribution in [0.25, 0.3) is 0 Å². The summed E-state index contributed by atoms with van der Waals surface area (Å²) in [5.41, 5.74) is 1.02. The van der Waals surface area contributed by atoms with Crippen molar-refractivity contribution in [1.82, 2.24) is 15.6 Å². The third-order valence-corrected chi connectivity index (χ3v) is 5.09. The van der Waals surface area contributed by atoms with Crippen molar-refractivity contribution in [3.63, 3.8) is 0 Å². The van der Waals surface area contributed by atoms with Crippen LogP contribution < -0.4 is 10.6 Å². The molecule has 0 bridgehead atoms. The molecular weight excluding hydrogens is 266 g/mol. The molecule has 0 spiro atoms. The number of carbonyl (C=O) groups excluding carboxylic acids is 1. The Hall–Kier alpha value is -0.590. The average molecular weight is 285 g/mol. The Bertz CT molecular complexity index is 402. The van der Waals surface area contributed by atoms with Gasteiger partial charge in [-0.2, -0.15) is 11.8 Å². The topological polar surface area (TPSA) is 54.0 Å². The lowest BCUT2D eigenvalue weighted by Crippen LogP contribution is -2.41. The fraction of sp³-hybridized carbons (Fsp3) is 0.667. The molecule has 0 radical (unpaired) electrons. The van der Waals surface area contributed by atoms with Crippen molar-refractivity contribution in [2.24, 2.45) is 0 Å². The van der Waals surface area contributed by atoms with Gasteiger partial charge in [-0.25, -0.2) is 4.98 Å². The van der Waals surface area contributed by atoms with E-state index in [1.807, 2.05) is 31.0 Å². The van der Waals surface area contributed by atoms with E-state index in [-0.39, 0.29) is 11.9 Å². The predicted octanol–water partition coefficient (Wildman–Crippen LogP) is 1.72. The van der Waals surface area contributed by atoms with Gasteiger partial charge in [0, 0.05) is 41.6 Å². The van der Waals surface area contributed by atoms with Gasteiger partial charge < -0.3 is 10.6 Å². The lowest BCUT2D eigenvalue weighted by molar-refractivity contribution is -0.122. The molecule has 1 aliphatic rings. The quantitative estimate of drug-likeness (QED) is 0.884. The van der Waals surface area contributed by atoms with E-state index in [2.05, 4.69) is 15.6 Å². The maximum absolute atomic E-state index is 11.9. The lowest BCUT2D eigenvalue weighted by Gasteiger charge is -2.23. The van der Waals surface area contributed by atoms with Crippen LogP contribution in [0.1, 0.15) is 30.1 Å². The molecular formula is C12H19N3OS2. The monoisotopic (exact) mass is 285 g/mol. The molecule has 1 aromatic rings. The Morgan fingerprint density at radius 2 is 2.56 bits per heavy atom. The van der Waals surface area contributed by atoms with Gasteiger partial charge in [0.1, 0.15) is 5.01 Å². The van der Waals surface area contributed by atoms with Crippen LogP contribution >= 0.6 is 23.1 Å². The number of carbonyl (C=O) groups is 1. The number of thioether (sulfide) groups is 1. The van der Waals surface area contributed by atoms with Crippen molar-refractivity contribution in [2.45, 2.75) is 32.4 Å². The Kier molecular flexibility index (Phi) is 5.03. The summed E-state index contributed by atoms with van der Waals surface area (Å²) in [5.74, 6) is 2.28. The number of thiazole rings is 1. The van der Waals surface area contributed by atoms with Crippen molar-refractivity contribution >= 4 is 29.0 Å². The Balaban J connectivity index is 1.79. The van der Waals surface area contributed by atoms with Crippen molar-refractivity contribution in [3.8, 4) is 0 Å². The van der Waals surface area contributed by atoms with Crippen LogP contribution in [-0.2, 0) is 4.79 Å². The minimum atomic E-state index is 0.00689. The summed E-state index contributed by atoms with van der Waals surface area (Å²) < 4.78 is 0. The molecule has 0 saturated carbocycles. The van der Waals surface area contributed by atoms with Gasteiger partial charge in [-0.05, 0) is 13.8 Å². The van der Waals surface area contributed by atoms with Gasteiger partial charge in [0.2, 0.25) is 5.91 Å². The van der Waals surface area contributed by atoms with E-state index in [0.29, 0.717) is 12.5 Å². The number of amides is 1. The number of nitrogens with one attached hydrogen (secondary N) is 2. The third kappa shape index (κ3) is 3.96. The number of hydrogen-bond acceptors (Lipinski definition) is 5. The average Bonchev–Trinajstić information content (AvgIpc) is 2.77. The molecule has 1 aromatic heterocycles. The second kappa shape index (κ2) is 6.54. The molecule has 1 aliphatic heterocycles. The van der Waals surface area contributed by atoms with Crippen LogP contribution in [-0.4, -0.2) is 35.0 Å². The van der Waals surface area contributed by atoms with Crippen LogP contribution in [0.5, 0.6) is 0 Å². The van der Waals surface area contributed by atoms with Crippen molar-refractivity contribution < 1.29 is 4.79 Å². The first-order valence-corrected chi connectivity index (χ1v) is 8.21. The number of aromatic nitrogens is 1. The second-order valence-corrected chi connectivity index (χ2v) is 6.59. The van der Waals surface area contributed by atoms with E-state index in [4.69, 9.17) is 0 Å². The normalized spacial score (nSPS) is 21.6. The fourth-order valence-electron chi connectivity index (χ4n) is 1.91. The molecule has 18 heavy (non-hydrogen) atoms. The van der Waals surface area contributed by atoms with E-state index >= 15 is 0 Å². The summed E-state index contributed by atoms with van der Waals surface area (Å²) in [4.78, 5) is 16.3. The zero-order valence-electron chi connectivity index (χ0n) is 10.7. The summed E-state index contributed by atoms with van der Waals surface area (Å²) in [7, 11) is 0. The third-order valence-electron chi connectivity index (χ3n) is 2.81. The van der Waals surface area contributed by atoms with Crippen LogP contribution in [0.4, 0.5) is 0 Å². The highest BCUT2D eigenvalue weighted by Gasteiger charge is 2.19. The first-order chi connectivity index (χ1) is 8.65. The summed E-state index contributed by atoms with van der Waals surface area (Å²) in [6, 6.07) is 0.321. The SMILES string of the molecule is Cc1csc(C(C)NC(=O)CC2CSCCN2)n1. The van der Waals surface area contributed by atoms with Gasteiger partial charge in [0.25, 0.3) is 0 Å². The molecule has 100 valence electrons. The Morgan fingerprint density at radius 3 is 3.17 bits per heavy atom. The number of rotatable bonds is 4.